The molecule has 0 saturated carbocycles. The summed E-state index contributed by atoms with van der Waals surface area (Å²) in [6.07, 6.45) is 3.44. The number of hydrogen-bond acceptors (Lipinski definition) is 4. The molecule has 154 valence electrons. The van der Waals surface area contributed by atoms with Crippen LogP contribution >= 0.6 is 15.9 Å². The molecule has 7 heteroatoms. The number of anilines is 1. The van der Waals surface area contributed by atoms with Gasteiger partial charge in [-0.05, 0) is 48.7 Å². The summed E-state index contributed by atoms with van der Waals surface area (Å²) in [5.74, 6) is 0.884. The first kappa shape index (κ1) is 20.5. The molecule has 1 N–H and O–H groups in total. The van der Waals surface area contributed by atoms with Gasteiger partial charge in [0.1, 0.15) is 11.6 Å². The van der Waals surface area contributed by atoms with Gasteiger partial charge in [0.2, 0.25) is 5.91 Å². The van der Waals surface area contributed by atoms with Crippen molar-refractivity contribution in [2.45, 2.75) is 19.4 Å². The van der Waals surface area contributed by atoms with E-state index < -0.39 is 0 Å². The molecule has 0 bridgehead atoms. The Bertz CT molecular complexity index is 1030. The van der Waals surface area contributed by atoms with Crippen LogP contribution in [0.5, 0.6) is 0 Å². The van der Waals surface area contributed by atoms with Crippen LogP contribution in [0.3, 0.4) is 0 Å². The molecule has 2 heterocycles. The standard InChI is InChI=1S/C23H22BrFN4O/c24-19-8-6-16(7-9-19)14-27-23(30)18-4-2-12-29(15-18)21-10-11-26-22(28-21)17-3-1-5-20(25)13-17/h1,3,5-11,13,18H,2,4,12,14-15H2,(H,27,30)/t18-/m1/s1. The highest BCUT2D eigenvalue weighted by molar-refractivity contribution is 9.10. The molecule has 5 nitrogen and oxygen atoms in total. The molecule has 1 aliphatic rings. The molecule has 0 radical (unpaired) electrons. The number of rotatable bonds is 5. The average Bonchev–Trinajstić information content (AvgIpc) is 2.79. The number of nitrogens with zero attached hydrogens (tertiary/aromatic N) is 3. The molecule has 4 rings (SSSR count). The minimum atomic E-state index is -0.318. The molecule has 1 aromatic heterocycles. The largest absolute Gasteiger partial charge is 0.356 e. The van der Waals surface area contributed by atoms with E-state index in [4.69, 9.17) is 0 Å². The van der Waals surface area contributed by atoms with Gasteiger partial charge >= 0.3 is 0 Å². The highest BCUT2D eigenvalue weighted by Crippen LogP contribution is 2.24. The first-order chi connectivity index (χ1) is 14.6. The number of halogens is 2. The van der Waals surface area contributed by atoms with Gasteiger partial charge in [-0.15, -0.1) is 0 Å². The third-order valence-corrected chi connectivity index (χ3v) is 5.75. The van der Waals surface area contributed by atoms with Crippen LogP contribution < -0.4 is 10.2 Å². The number of carbonyl (C=O) groups excluding carboxylic acids is 1. The maximum absolute atomic E-state index is 13.6. The predicted molar refractivity (Wildman–Crippen MR) is 118 cm³/mol. The molecule has 0 unspecified atom stereocenters. The quantitative estimate of drug-likeness (QED) is 0.595. The van der Waals surface area contributed by atoms with Crippen molar-refractivity contribution in [1.82, 2.24) is 15.3 Å². The first-order valence-electron chi connectivity index (χ1n) is 9.94. The van der Waals surface area contributed by atoms with E-state index in [0.717, 1.165) is 35.2 Å². The van der Waals surface area contributed by atoms with E-state index in [9.17, 15) is 9.18 Å². The Morgan fingerprint density at radius 3 is 2.83 bits per heavy atom. The molecule has 1 atom stereocenters. The second-order valence-corrected chi connectivity index (χ2v) is 8.29. The number of piperidine rings is 1. The van der Waals surface area contributed by atoms with E-state index in [1.165, 1.54) is 12.1 Å². The van der Waals surface area contributed by atoms with E-state index in [0.29, 0.717) is 24.5 Å². The fourth-order valence-corrected chi connectivity index (χ4v) is 3.89. The Morgan fingerprint density at radius 1 is 1.20 bits per heavy atom. The van der Waals surface area contributed by atoms with Crippen LogP contribution in [0, 0.1) is 11.7 Å². The SMILES string of the molecule is O=C(NCc1ccc(Br)cc1)[C@@H]1CCCN(c2ccnc(-c3cccc(F)c3)n2)C1. The van der Waals surface area contributed by atoms with Gasteiger partial charge < -0.3 is 10.2 Å². The summed E-state index contributed by atoms with van der Waals surface area (Å²) in [5, 5.41) is 3.05. The van der Waals surface area contributed by atoms with Crippen LogP contribution in [0.2, 0.25) is 0 Å². The Balaban J connectivity index is 1.41. The number of amides is 1. The van der Waals surface area contributed by atoms with Crippen LogP contribution in [-0.2, 0) is 11.3 Å². The molecule has 0 spiro atoms. The van der Waals surface area contributed by atoms with E-state index in [-0.39, 0.29) is 17.6 Å². The summed E-state index contributed by atoms with van der Waals surface area (Å²) in [4.78, 5) is 23.7. The van der Waals surface area contributed by atoms with Gasteiger partial charge in [0.25, 0.3) is 0 Å². The average molecular weight is 469 g/mol. The van der Waals surface area contributed by atoms with E-state index >= 15 is 0 Å². The molecular formula is C23H22BrFN4O. The second-order valence-electron chi connectivity index (χ2n) is 7.38. The number of aromatic nitrogens is 2. The van der Waals surface area contributed by atoms with Crippen LogP contribution in [0.15, 0.2) is 65.3 Å². The number of carbonyl (C=O) groups is 1. The summed E-state index contributed by atoms with van der Waals surface area (Å²) in [6.45, 7) is 1.95. The monoisotopic (exact) mass is 468 g/mol. The van der Waals surface area contributed by atoms with Gasteiger partial charge in [0.05, 0.1) is 5.92 Å². The van der Waals surface area contributed by atoms with Crippen molar-refractivity contribution >= 4 is 27.7 Å². The maximum atomic E-state index is 13.6. The van der Waals surface area contributed by atoms with Gasteiger partial charge in [-0.1, -0.05) is 40.2 Å². The lowest BCUT2D eigenvalue weighted by Gasteiger charge is -2.33. The summed E-state index contributed by atoms with van der Waals surface area (Å²) in [7, 11) is 0. The second kappa shape index (κ2) is 9.34. The van der Waals surface area contributed by atoms with Crippen LogP contribution in [-0.4, -0.2) is 29.0 Å². The lowest BCUT2D eigenvalue weighted by Crippen LogP contribution is -2.43. The molecule has 2 aromatic carbocycles. The zero-order chi connectivity index (χ0) is 20.9. The fourth-order valence-electron chi connectivity index (χ4n) is 3.63. The van der Waals surface area contributed by atoms with Crippen molar-refractivity contribution in [3.63, 3.8) is 0 Å². The van der Waals surface area contributed by atoms with Crippen molar-refractivity contribution in [2.24, 2.45) is 5.92 Å². The molecular weight excluding hydrogens is 447 g/mol. The Hall–Kier alpha value is -2.80. The minimum absolute atomic E-state index is 0.0574. The van der Waals surface area contributed by atoms with E-state index in [1.807, 2.05) is 30.3 Å². The zero-order valence-electron chi connectivity index (χ0n) is 16.4. The summed E-state index contributed by atoms with van der Waals surface area (Å²) < 4.78 is 14.6. The highest BCUT2D eigenvalue weighted by atomic mass is 79.9. The number of benzene rings is 2. The Labute approximate surface area is 183 Å². The maximum Gasteiger partial charge on any atom is 0.225 e. The molecule has 30 heavy (non-hydrogen) atoms. The molecule has 1 amide bonds. The van der Waals surface area contributed by atoms with E-state index in [1.54, 1.807) is 18.3 Å². The van der Waals surface area contributed by atoms with Gasteiger partial charge in [-0.3, -0.25) is 4.79 Å². The van der Waals surface area contributed by atoms with Crippen molar-refractivity contribution in [2.75, 3.05) is 18.0 Å². The van der Waals surface area contributed by atoms with Crippen LogP contribution in [0.25, 0.3) is 11.4 Å². The van der Waals surface area contributed by atoms with Crippen molar-refractivity contribution in [3.05, 3.63) is 76.6 Å². The van der Waals surface area contributed by atoms with Crippen LogP contribution in [0.4, 0.5) is 10.2 Å². The molecule has 3 aromatic rings. The lowest BCUT2D eigenvalue weighted by atomic mass is 9.97. The predicted octanol–water partition coefficient (Wildman–Crippen LogP) is 4.58. The smallest absolute Gasteiger partial charge is 0.225 e. The summed E-state index contributed by atoms with van der Waals surface area (Å²) in [6, 6.07) is 16.0. The van der Waals surface area contributed by atoms with Gasteiger partial charge in [-0.25, -0.2) is 14.4 Å². The van der Waals surface area contributed by atoms with Crippen molar-refractivity contribution in [1.29, 1.82) is 0 Å². The first-order valence-corrected chi connectivity index (χ1v) is 10.7. The van der Waals surface area contributed by atoms with Gasteiger partial charge in [0.15, 0.2) is 5.82 Å². The van der Waals surface area contributed by atoms with Gasteiger partial charge in [-0.2, -0.15) is 0 Å². The van der Waals surface area contributed by atoms with E-state index in [2.05, 4.69) is 36.1 Å². The zero-order valence-corrected chi connectivity index (χ0v) is 18.0. The highest BCUT2D eigenvalue weighted by Gasteiger charge is 2.26. The fraction of sp³-hybridized carbons (Fsp3) is 0.261. The topological polar surface area (TPSA) is 58.1 Å². The third kappa shape index (κ3) is 5.02. The molecule has 0 aliphatic carbocycles. The molecule has 1 aliphatic heterocycles. The van der Waals surface area contributed by atoms with Crippen molar-refractivity contribution in [3.8, 4) is 11.4 Å². The number of nitrogens with one attached hydrogen (secondary N) is 1. The summed E-state index contributed by atoms with van der Waals surface area (Å²) in [5.41, 5.74) is 1.70. The van der Waals surface area contributed by atoms with Gasteiger partial charge in [0, 0.05) is 35.9 Å². The number of hydrogen-bond donors (Lipinski definition) is 1. The third-order valence-electron chi connectivity index (χ3n) is 5.22. The lowest BCUT2D eigenvalue weighted by molar-refractivity contribution is -0.125. The summed E-state index contributed by atoms with van der Waals surface area (Å²) >= 11 is 3.42. The van der Waals surface area contributed by atoms with Crippen LogP contribution in [0.1, 0.15) is 18.4 Å². The minimum Gasteiger partial charge on any atom is -0.356 e. The normalized spacial score (nSPS) is 16.3. The molecule has 1 saturated heterocycles. The Morgan fingerprint density at radius 2 is 2.03 bits per heavy atom. The van der Waals surface area contributed by atoms with Crippen molar-refractivity contribution < 1.29 is 9.18 Å². The Kier molecular flexibility index (Phi) is 6.38. The molecule has 1 fully saturated rings.